The van der Waals surface area contributed by atoms with E-state index in [0.717, 1.165) is 10.0 Å². The van der Waals surface area contributed by atoms with Crippen molar-refractivity contribution in [1.82, 2.24) is 0 Å². The molecule has 22 heavy (non-hydrogen) atoms. The van der Waals surface area contributed by atoms with Gasteiger partial charge in [0.1, 0.15) is 23.7 Å². The van der Waals surface area contributed by atoms with Gasteiger partial charge < -0.3 is 18.6 Å². The minimum Gasteiger partial charge on any atom is -0.493 e. The van der Waals surface area contributed by atoms with Crippen LogP contribution in [0, 0.1) is 13.8 Å². The fourth-order valence-electron chi connectivity index (χ4n) is 2.06. The molecule has 1 heterocycles. The van der Waals surface area contributed by atoms with Crippen molar-refractivity contribution in [3.63, 3.8) is 0 Å². The monoisotopic (exact) mass is 368 g/mol. The van der Waals surface area contributed by atoms with E-state index in [-0.39, 0.29) is 6.61 Å². The first-order chi connectivity index (χ1) is 10.5. The summed E-state index contributed by atoms with van der Waals surface area (Å²) in [5.74, 6) is 1.99. The largest absolute Gasteiger partial charge is 0.493 e. The number of carbonyl (C=O) groups excluding carboxylic acids is 1. The topological polar surface area (TPSA) is 57.9 Å². The molecule has 0 N–H and O–H groups in total. The third-order valence-electron chi connectivity index (χ3n) is 3.17. The number of furan rings is 1. The van der Waals surface area contributed by atoms with Gasteiger partial charge in [-0.25, -0.2) is 4.79 Å². The van der Waals surface area contributed by atoms with Crippen LogP contribution in [-0.4, -0.2) is 20.2 Å². The Bertz CT molecular complexity index is 690. The van der Waals surface area contributed by atoms with Gasteiger partial charge in [-0.05, 0) is 32.0 Å². The number of ether oxygens (including phenoxy) is 3. The van der Waals surface area contributed by atoms with Crippen molar-refractivity contribution in [3.8, 4) is 11.5 Å². The zero-order valence-corrected chi connectivity index (χ0v) is 14.4. The van der Waals surface area contributed by atoms with Crippen molar-refractivity contribution in [1.29, 1.82) is 0 Å². The SMILES string of the molecule is COc1cc(Br)c(COC(=O)c2cc(C)oc2C)cc1OC. The molecule has 0 saturated carbocycles. The number of halogens is 1. The van der Waals surface area contributed by atoms with Crippen LogP contribution in [0.1, 0.15) is 27.4 Å². The van der Waals surface area contributed by atoms with E-state index in [1.807, 2.05) is 0 Å². The maximum Gasteiger partial charge on any atom is 0.342 e. The fraction of sp³-hybridized carbons (Fsp3) is 0.312. The molecular formula is C16H17BrO5. The van der Waals surface area contributed by atoms with Crippen LogP contribution >= 0.6 is 15.9 Å². The highest BCUT2D eigenvalue weighted by Gasteiger charge is 2.16. The zero-order valence-electron chi connectivity index (χ0n) is 12.9. The van der Waals surface area contributed by atoms with Crippen LogP contribution in [0.4, 0.5) is 0 Å². The van der Waals surface area contributed by atoms with E-state index in [4.69, 9.17) is 18.6 Å². The summed E-state index contributed by atoms with van der Waals surface area (Å²) in [6, 6.07) is 5.21. The first-order valence-corrected chi connectivity index (χ1v) is 7.40. The molecule has 0 aliphatic carbocycles. The lowest BCUT2D eigenvalue weighted by atomic mass is 10.2. The smallest absolute Gasteiger partial charge is 0.342 e. The molecule has 5 nitrogen and oxygen atoms in total. The second-order valence-corrected chi connectivity index (χ2v) is 5.56. The van der Waals surface area contributed by atoms with Gasteiger partial charge in [-0.3, -0.25) is 0 Å². The number of carbonyl (C=O) groups is 1. The minimum absolute atomic E-state index is 0.115. The molecule has 1 aromatic heterocycles. The molecular weight excluding hydrogens is 352 g/mol. The highest BCUT2D eigenvalue weighted by molar-refractivity contribution is 9.10. The van der Waals surface area contributed by atoms with Gasteiger partial charge in [0.25, 0.3) is 0 Å². The predicted octanol–water partition coefficient (Wildman–Crippen LogP) is 4.03. The Hall–Kier alpha value is -1.95. The van der Waals surface area contributed by atoms with Crippen LogP contribution < -0.4 is 9.47 Å². The van der Waals surface area contributed by atoms with E-state index in [1.165, 1.54) is 0 Å². The molecule has 0 bridgehead atoms. The van der Waals surface area contributed by atoms with Crippen molar-refractivity contribution in [2.75, 3.05) is 14.2 Å². The summed E-state index contributed by atoms with van der Waals surface area (Å²) in [6.45, 7) is 3.63. The third kappa shape index (κ3) is 3.44. The highest BCUT2D eigenvalue weighted by atomic mass is 79.9. The molecule has 2 aromatic rings. The maximum atomic E-state index is 12.1. The van der Waals surface area contributed by atoms with Gasteiger partial charge in [0.05, 0.1) is 14.2 Å². The van der Waals surface area contributed by atoms with Gasteiger partial charge >= 0.3 is 5.97 Å². The Labute approximate surface area is 137 Å². The Morgan fingerprint density at radius 3 is 2.32 bits per heavy atom. The Kier molecular flexibility index (Phi) is 5.13. The second-order valence-electron chi connectivity index (χ2n) is 4.70. The summed E-state index contributed by atoms with van der Waals surface area (Å²) in [4.78, 5) is 12.1. The average Bonchev–Trinajstić information content (AvgIpc) is 2.84. The van der Waals surface area contributed by atoms with Crippen LogP contribution in [0.5, 0.6) is 11.5 Å². The van der Waals surface area contributed by atoms with E-state index in [2.05, 4.69) is 15.9 Å². The Morgan fingerprint density at radius 1 is 1.14 bits per heavy atom. The van der Waals surface area contributed by atoms with Crippen molar-refractivity contribution < 1.29 is 23.4 Å². The van der Waals surface area contributed by atoms with Crippen molar-refractivity contribution in [3.05, 3.63) is 45.3 Å². The van der Waals surface area contributed by atoms with Crippen molar-refractivity contribution in [2.45, 2.75) is 20.5 Å². The zero-order chi connectivity index (χ0) is 16.3. The first kappa shape index (κ1) is 16.4. The standard InChI is InChI=1S/C16H17BrO5/c1-9-5-12(10(2)22-9)16(18)21-8-11-6-14(19-3)15(20-4)7-13(11)17/h5-7H,8H2,1-4H3. The molecule has 0 aliphatic heterocycles. The fourth-order valence-corrected chi connectivity index (χ4v) is 2.50. The minimum atomic E-state index is -0.420. The molecule has 0 radical (unpaired) electrons. The summed E-state index contributed by atoms with van der Waals surface area (Å²) in [7, 11) is 3.12. The van der Waals surface area contributed by atoms with Crippen LogP contribution in [-0.2, 0) is 11.3 Å². The molecule has 2 rings (SSSR count). The number of benzene rings is 1. The lowest BCUT2D eigenvalue weighted by Gasteiger charge is -2.12. The molecule has 118 valence electrons. The highest BCUT2D eigenvalue weighted by Crippen LogP contribution is 2.33. The summed E-state index contributed by atoms with van der Waals surface area (Å²) in [5.41, 5.74) is 1.22. The van der Waals surface area contributed by atoms with Gasteiger partial charge in [-0.2, -0.15) is 0 Å². The quantitative estimate of drug-likeness (QED) is 0.745. The van der Waals surface area contributed by atoms with Gasteiger partial charge in [-0.15, -0.1) is 0 Å². The predicted molar refractivity (Wildman–Crippen MR) is 84.5 cm³/mol. The number of esters is 1. The van der Waals surface area contributed by atoms with Gasteiger partial charge in [0.15, 0.2) is 11.5 Å². The number of rotatable bonds is 5. The van der Waals surface area contributed by atoms with Gasteiger partial charge in [0, 0.05) is 10.0 Å². The van der Waals surface area contributed by atoms with E-state index in [0.29, 0.717) is 28.6 Å². The summed E-state index contributed by atoms with van der Waals surface area (Å²) in [5, 5.41) is 0. The number of aryl methyl sites for hydroxylation is 2. The van der Waals surface area contributed by atoms with E-state index in [1.54, 1.807) is 46.3 Å². The molecule has 0 saturated heterocycles. The normalized spacial score (nSPS) is 10.4. The molecule has 6 heteroatoms. The summed E-state index contributed by atoms with van der Waals surface area (Å²) >= 11 is 3.43. The average molecular weight is 369 g/mol. The molecule has 0 aliphatic rings. The molecule has 0 amide bonds. The van der Waals surface area contributed by atoms with Crippen molar-refractivity contribution in [2.24, 2.45) is 0 Å². The Morgan fingerprint density at radius 2 is 1.77 bits per heavy atom. The summed E-state index contributed by atoms with van der Waals surface area (Å²) in [6.07, 6.45) is 0. The molecule has 1 aromatic carbocycles. The molecule has 0 atom stereocenters. The first-order valence-electron chi connectivity index (χ1n) is 6.60. The van der Waals surface area contributed by atoms with E-state index >= 15 is 0 Å². The number of methoxy groups -OCH3 is 2. The molecule has 0 unspecified atom stereocenters. The lowest BCUT2D eigenvalue weighted by molar-refractivity contribution is 0.0469. The third-order valence-corrected chi connectivity index (χ3v) is 3.91. The van der Waals surface area contributed by atoms with Gasteiger partial charge in [0.2, 0.25) is 0 Å². The van der Waals surface area contributed by atoms with Crippen molar-refractivity contribution >= 4 is 21.9 Å². The molecule has 0 fully saturated rings. The van der Waals surface area contributed by atoms with Crippen LogP contribution in [0.3, 0.4) is 0 Å². The second kappa shape index (κ2) is 6.87. The van der Waals surface area contributed by atoms with Crippen LogP contribution in [0.2, 0.25) is 0 Å². The number of hydrogen-bond donors (Lipinski definition) is 0. The number of hydrogen-bond acceptors (Lipinski definition) is 5. The van der Waals surface area contributed by atoms with E-state index < -0.39 is 5.97 Å². The van der Waals surface area contributed by atoms with Crippen LogP contribution in [0.25, 0.3) is 0 Å². The summed E-state index contributed by atoms with van der Waals surface area (Å²) < 4.78 is 21.9. The molecule has 0 spiro atoms. The maximum absolute atomic E-state index is 12.1. The van der Waals surface area contributed by atoms with E-state index in [9.17, 15) is 4.79 Å². The lowest BCUT2D eigenvalue weighted by Crippen LogP contribution is -2.06. The van der Waals surface area contributed by atoms with Crippen LogP contribution in [0.15, 0.2) is 27.1 Å². The Balaban J connectivity index is 2.14. The van der Waals surface area contributed by atoms with Gasteiger partial charge in [-0.1, -0.05) is 15.9 Å².